The summed E-state index contributed by atoms with van der Waals surface area (Å²) >= 11 is 3.40. The Morgan fingerprint density at radius 1 is 0.974 bits per heavy atom. The minimum absolute atomic E-state index is 0.0803. The number of nitrogens with one attached hydrogen (secondary N) is 1. The van der Waals surface area contributed by atoms with Gasteiger partial charge in [0.15, 0.2) is 11.5 Å². The molecule has 0 aliphatic rings. The van der Waals surface area contributed by atoms with E-state index in [4.69, 9.17) is 9.15 Å². The van der Waals surface area contributed by atoms with Gasteiger partial charge in [-0.15, -0.1) is 0 Å². The molecule has 0 saturated heterocycles. The fourth-order valence-electron chi connectivity index (χ4n) is 4.12. The van der Waals surface area contributed by atoms with Gasteiger partial charge in [-0.3, -0.25) is 9.59 Å². The van der Waals surface area contributed by atoms with E-state index in [2.05, 4.69) is 21.2 Å². The molecule has 0 aliphatic carbocycles. The molecule has 4 rings (SSSR count). The van der Waals surface area contributed by atoms with Gasteiger partial charge in [-0.1, -0.05) is 26.0 Å². The number of fused-ring (bicyclic) bond motifs is 1. The number of nitrogens with zero attached hydrogens (tertiary/aromatic N) is 1. The summed E-state index contributed by atoms with van der Waals surface area (Å²) in [5.41, 5.74) is 1.64. The number of ketones is 2. The molecular weight excluding hydrogens is 572 g/mol. The molecule has 8 nitrogen and oxygen atoms in total. The van der Waals surface area contributed by atoms with E-state index < -0.39 is 10.0 Å². The molecule has 0 amide bonds. The average molecular weight is 600 g/mol. The van der Waals surface area contributed by atoms with Crippen molar-refractivity contribution in [2.45, 2.75) is 18.7 Å². The number of rotatable bonds is 11. The van der Waals surface area contributed by atoms with Crippen molar-refractivity contribution in [3.63, 3.8) is 0 Å². The predicted molar refractivity (Wildman–Crippen MR) is 150 cm³/mol. The number of sulfonamides is 1. The predicted octanol–water partition coefficient (Wildman–Crippen LogP) is 5.76. The highest BCUT2D eigenvalue weighted by molar-refractivity contribution is 9.10. The standard InChI is InChI=1S/C28H27BrN2O6S/c1-4-31(5-2)38(34,35)20-13-10-18(11-14-20)23(32)17-30-26-21-8-6-7-9-24(21)37-28(26)27(33)19-12-15-25(36-3)22(29)16-19/h6-16,30H,4-5,17H2,1-3H3. The SMILES string of the molecule is CCN(CC)S(=O)(=O)c1ccc(C(=O)CNc2c(C(=O)c3ccc(OC)c(Br)c3)oc3ccccc23)cc1. The third kappa shape index (κ3) is 5.38. The number of carbonyl (C=O) groups is 2. The number of furan rings is 1. The summed E-state index contributed by atoms with van der Waals surface area (Å²) in [6.45, 7) is 4.14. The highest BCUT2D eigenvalue weighted by Gasteiger charge is 2.24. The van der Waals surface area contributed by atoms with E-state index in [-0.39, 0.29) is 28.8 Å². The van der Waals surface area contributed by atoms with E-state index in [1.807, 2.05) is 6.07 Å². The zero-order valence-corrected chi connectivity index (χ0v) is 23.6. The molecular formula is C28H27BrN2O6S. The Morgan fingerprint density at radius 2 is 1.63 bits per heavy atom. The first-order valence-corrected chi connectivity index (χ1v) is 14.2. The first kappa shape index (κ1) is 27.6. The molecule has 1 heterocycles. The molecule has 0 bridgehead atoms. The molecule has 0 saturated carbocycles. The van der Waals surface area contributed by atoms with Crippen molar-refractivity contribution in [2.75, 3.05) is 32.1 Å². The summed E-state index contributed by atoms with van der Waals surface area (Å²) < 4.78 is 38.6. The third-order valence-electron chi connectivity index (χ3n) is 6.16. The second kappa shape index (κ2) is 11.5. The molecule has 0 aliphatic heterocycles. The highest BCUT2D eigenvalue weighted by atomic mass is 79.9. The highest BCUT2D eigenvalue weighted by Crippen LogP contribution is 2.34. The normalized spacial score (nSPS) is 11.6. The molecule has 1 aromatic heterocycles. The smallest absolute Gasteiger partial charge is 0.243 e. The molecule has 3 aromatic carbocycles. The number of benzene rings is 3. The number of hydrogen-bond donors (Lipinski definition) is 1. The van der Waals surface area contributed by atoms with Gasteiger partial charge in [0.05, 0.1) is 28.7 Å². The van der Waals surface area contributed by atoms with Crippen LogP contribution in [0.15, 0.2) is 80.5 Å². The maximum Gasteiger partial charge on any atom is 0.243 e. The molecule has 0 fully saturated rings. The first-order valence-electron chi connectivity index (χ1n) is 12.0. The monoisotopic (exact) mass is 598 g/mol. The van der Waals surface area contributed by atoms with E-state index in [1.54, 1.807) is 50.2 Å². The average Bonchev–Trinajstić information content (AvgIpc) is 3.30. The van der Waals surface area contributed by atoms with Crippen LogP contribution in [-0.2, 0) is 10.0 Å². The van der Waals surface area contributed by atoms with E-state index in [0.717, 1.165) is 0 Å². The van der Waals surface area contributed by atoms with Crippen molar-refractivity contribution >= 4 is 54.2 Å². The Kier molecular flexibility index (Phi) is 8.35. The van der Waals surface area contributed by atoms with Gasteiger partial charge in [0, 0.05) is 29.6 Å². The van der Waals surface area contributed by atoms with Crippen molar-refractivity contribution in [3.05, 3.63) is 88.1 Å². The number of Topliss-reactive ketones (excluding diaryl/α,β-unsaturated/α-hetero) is 1. The molecule has 0 atom stereocenters. The van der Waals surface area contributed by atoms with Crippen LogP contribution < -0.4 is 10.1 Å². The maximum atomic E-state index is 13.4. The molecule has 0 unspecified atom stereocenters. The zero-order chi connectivity index (χ0) is 27.4. The Balaban J connectivity index is 1.59. The van der Waals surface area contributed by atoms with Gasteiger partial charge in [0.25, 0.3) is 0 Å². The van der Waals surface area contributed by atoms with Crippen molar-refractivity contribution in [3.8, 4) is 5.75 Å². The van der Waals surface area contributed by atoms with E-state index in [1.165, 1.54) is 35.7 Å². The molecule has 1 N–H and O–H groups in total. The van der Waals surface area contributed by atoms with Gasteiger partial charge in [0.1, 0.15) is 11.3 Å². The van der Waals surface area contributed by atoms with Gasteiger partial charge in [-0.05, 0) is 70.5 Å². The second-order valence-corrected chi connectivity index (χ2v) is 11.2. The molecule has 10 heteroatoms. The number of anilines is 1. The van der Waals surface area contributed by atoms with Crippen molar-refractivity contribution in [1.29, 1.82) is 0 Å². The topological polar surface area (TPSA) is 106 Å². The lowest BCUT2D eigenvalue weighted by atomic mass is 10.1. The Hall–Kier alpha value is -3.47. The van der Waals surface area contributed by atoms with Gasteiger partial charge in [-0.25, -0.2) is 8.42 Å². The van der Waals surface area contributed by atoms with Crippen LogP contribution in [0, 0.1) is 0 Å². The Labute approximate surface area is 229 Å². The largest absolute Gasteiger partial charge is 0.496 e. The number of halogens is 1. The molecule has 198 valence electrons. The zero-order valence-electron chi connectivity index (χ0n) is 21.2. The van der Waals surface area contributed by atoms with Crippen molar-refractivity contribution in [2.24, 2.45) is 0 Å². The maximum absolute atomic E-state index is 13.4. The van der Waals surface area contributed by atoms with Crippen LogP contribution >= 0.6 is 15.9 Å². The molecule has 0 spiro atoms. The number of ether oxygens (including phenoxy) is 1. The minimum Gasteiger partial charge on any atom is -0.496 e. The number of para-hydroxylation sites is 1. The summed E-state index contributed by atoms with van der Waals surface area (Å²) in [6.07, 6.45) is 0. The lowest BCUT2D eigenvalue weighted by Crippen LogP contribution is -2.30. The Morgan fingerprint density at radius 3 is 2.26 bits per heavy atom. The molecule has 0 radical (unpaired) electrons. The van der Waals surface area contributed by atoms with Gasteiger partial charge in [-0.2, -0.15) is 4.31 Å². The van der Waals surface area contributed by atoms with Crippen LogP contribution in [0.25, 0.3) is 11.0 Å². The second-order valence-electron chi connectivity index (χ2n) is 8.37. The number of methoxy groups -OCH3 is 1. The van der Waals surface area contributed by atoms with Gasteiger partial charge >= 0.3 is 0 Å². The summed E-state index contributed by atoms with van der Waals surface area (Å²) in [7, 11) is -2.08. The molecule has 38 heavy (non-hydrogen) atoms. The van der Waals surface area contributed by atoms with Gasteiger partial charge in [0.2, 0.25) is 15.8 Å². The van der Waals surface area contributed by atoms with Crippen LogP contribution in [0.3, 0.4) is 0 Å². The summed E-state index contributed by atoms with van der Waals surface area (Å²) in [6, 6.07) is 18.0. The van der Waals surface area contributed by atoms with E-state index in [0.29, 0.717) is 51.1 Å². The third-order valence-corrected chi connectivity index (χ3v) is 8.84. The number of hydrogen-bond acceptors (Lipinski definition) is 7. The Bertz CT molecular complexity index is 1590. The van der Waals surface area contributed by atoms with Crippen molar-refractivity contribution < 1.29 is 27.2 Å². The van der Waals surface area contributed by atoms with Gasteiger partial charge < -0.3 is 14.5 Å². The lowest BCUT2D eigenvalue weighted by molar-refractivity contribution is 0.0997. The van der Waals surface area contributed by atoms with Crippen LogP contribution in [0.4, 0.5) is 5.69 Å². The van der Waals surface area contributed by atoms with E-state index in [9.17, 15) is 18.0 Å². The van der Waals surface area contributed by atoms with E-state index >= 15 is 0 Å². The fourth-order valence-corrected chi connectivity index (χ4v) is 6.11. The van der Waals surface area contributed by atoms with Crippen molar-refractivity contribution in [1.82, 2.24) is 4.31 Å². The lowest BCUT2D eigenvalue weighted by Gasteiger charge is -2.18. The minimum atomic E-state index is -3.62. The summed E-state index contributed by atoms with van der Waals surface area (Å²) in [5, 5.41) is 3.74. The van der Waals surface area contributed by atoms with Crippen LogP contribution in [-0.4, -0.2) is 51.0 Å². The van der Waals surface area contributed by atoms with Crippen LogP contribution in [0.2, 0.25) is 0 Å². The first-order chi connectivity index (χ1) is 18.2. The van der Waals surface area contributed by atoms with Crippen LogP contribution in [0.5, 0.6) is 5.75 Å². The number of carbonyl (C=O) groups excluding carboxylic acids is 2. The summed E-state index contributed by atoms with van der Waals surface area (Å²) in [4.78, 5) is 26.5. The molecule has 4 aromatic rings. The fraction of sp³-hybridized carbons (Fsp3) is 0.214. The summed E-state index contributed by atoms with van der Waals surface area (Å²) in [5.74, 6) is 0.0425. The van der Waals surface area contributed by atoms with Crippen LogP contribution in [0.1, 0.15) is 40.3 Å². The quantitative estimate of drug-likeness (QED) is 0.219.